The molecule has 0 unspecified atom stereocenters. The van der Waals surface area contributed by atoms with E-state index in [2.05, 4.69) is 14.9 Å². The summed E-state index contributed by atoms with van der Waals surface area (Å²) in [5.41, 5.74) is 2.02. The van der Waals surface area contributed by atoms with Gasteiger partial charge in [0.2, 0.25) is 0 Å². The summed E-state index contributed by atoms with van der Waals surface area (Å²) < 4.78 is 4.55. The zero-order chi connectivity index (χ0) is 8.27. The zero-order valence-electron chi connectivity index (χ0n) is 7.29. The van der Waals surface area contributed by atoms with Gasteiger partial charge in [-0.1, -0.05) is 24.2 Å². The van der Waals surface area contributed by atoms with Gasteiger partial charge in [-0.2, -0.15) is 0 Å². The molecule has 0 radical (unpaired) electrons. The Labute approximate surface area is 66.8 Å². The summed E-state index contributed by atoms with van der Waals surface area (Å²) in [6.45, 7) is 5.93. The molecule has 0 spiro atoms. The summed E-state index contributed by atoms with van der Waals surface area (Å²) in [6, 6.07) is 0. The monoisotopic (exact) mass is 154 g/mol. The Morgan fingerprint density at radius 3 is 2.27 bits per heavy atom. The van der Waals surface area contributed by atoms with Crippen molar-refractivity contribution in [2.75, 3.05) is 0 Å². The van der Waals surface area contributed by atoms with Gasteiger partial charge in [0.05, 0.1) is 0 Å². The lowest BCUT2D eigenvalue weighted by molar-refractivity contribution is 0.301. The third-order valence-electron chi connectivity index (χ3n) is 1.65. The Morgan fingerprint density at radius 1 is 1.27 bits per heavy atom. The first kappa shape index (κ1) is 8.24. The second-order valence-corrected chi connectivity index (χ2v) is 2.51. The lowest BCUT2D eigenvalue weighted by atomic mass is 10.2. The van der Waals surface area contributed by atoms with Gasteiger partial charge in [-0.15, -0.1) is 0 Å². The molecule has 0 amide bonds. The maximum Gasteiger partial charge on any atom is 0.111 e. The molecular formula is C8H14N2O. The maximum absolute atomic E-state index is 4.55. The molecule has 1 aromatic heterocycles. The van der Waals surface area contributed by atoms with Gasteiger partial charge in [0.1, 0.15) is 11.4 Å². The van der Waals surface area contributed by atoms with Gasteiger partial charge in [-0.3, -0.25) is 0 Å². The lowest BCUT2D eigenvalue weighted by Crippen LogP contribution is -1.81. The van der Waals surface area contributed by atoms with Crippen LogP contribution >= 0.6 is 0 Å². The van der Waals surface area contributed by atoms with E-state index in [1.165, 1.54) is 12.8 Å². The van der Waals surface area contributed by atoms with Crippen LogP contribution in [0.5, 0.6) is 0 Å². The predicted octanol–water partition coefficient (Wildman–Crippen LogP) is 2.28. The third kappa shape index (κ3) is 1.79. The zero-order valence-corrected chi connectivity index (χ0v) is 7.29. The Morgan fingerprint density at radius 2 is 1.91 bits per heavy atom. The van der Waals surface area contributed by atoms with Crippen molar-refractivity contribution in [3.63, 3.8) is 0 Å². The lowest BCUT2D eigenvalue weighted by Gasteiger charge is -1.83. The Balaban J connectivity index is 0.000000281. The minimum atomic E-state index is 0.663. The Kier molecular flexibility index (Phi) is 2.63. The standard InChI is InChI=1S/C6H8N2O.C2H6/c1-4-6(5-2-3-5)8-9-7-4;1-2/h5H,2-3H2,1H3;1-2H3. The molecule has 62 valence electrons. The first-order chi connectivity index (χ1) is 5.38. The average molecular weight is 154 g/mol. The van der Waals surface area contributed by atoms with Crippen LogP contribution in [0.1, 0.15) is 44.0 Å². The van der Waals surface area contributed by atoms with Crippen LogP contribution in [0.2, 0.25) is 0 Å². The van der Waals surface area contributed by atoms with Crippen molar-refractivity contribution in [3.05, 3.63) is 11.4 Å². The summed E-state index contributed by atoms with van der Waals surface area (Å²) >= 11 is 0. The van der Waals surface area contributed by atoms with Crippen molar-refractivity contribution in [2.45, 2.75) is 39.5 Å². The van der Waals surface area contributed by atoms with Crippen LogP contribution in [-0.2, 0) is 0 Å². The molecule has 1 fully saturated rings. The molecule has 1 saturated carbocycles. The molecule has 0 saturated heterocycles. The molecule has 1 aromatic rings. The first-order valence-electron chi connectivity index (χ1n) is 4.17. The van der Waals surface area contributed by atoms with Gasteiger partial charge in [-0.05, 0) is 19.8 Å². The van der Waals surface area contributed by atoms with Gasteiger partial charge in [0.25, 0.3) is 0 Å². The van der Waals surface area contributed by atoms with Gasteiger partial charge in [0.15, 0.2) is 0 Å². The quantitative estimate of drug-likeness (QED) is 0.623. The van der Waals surface area contributed by atoms with Crippen molar-refractivity contribution in [3.8, 4) is 0 Å². The second kappa shape index (κ2) is 3.51. The minimum Gasteiger partial charge on any atom is -0.244 e. The molecule has 3 nitrogen and oxygen atoms in total. The van der Waals surface area contributed by atoms with Crippen LogP contribution in [0.4, 0.5) is 0 Å². The van der Waals surface area contributed by atoms with Crippen LogP contribution < -0.4 is 0 Å². The molecule has 0 bridgehead atoms. The molecule has 0 atom stereocenters. The summed E-state index contributed by atoms with van der Waals surface area (Å²) in [6.07, 6.45) is 2.52. The third-order valence-corrected chi connectivity index (χ3v) is 1.65. The average Bonchev–Trinajstić information content (AvgIpc) is 2.80. The number of aryl methyl sites for hydroxylation is 1. The smallest absolute Gasteiger partial charge is 0.111 e. The fourth-order valence-electron chi connectivity index (χ4n) is 0.965. The molecular weight excluding hydrogens is 140 g/mol. The highest BCUT2D eigenvalue weighted by atomic mass is 16.6. The van der Waals surface area contributed by atoms with E-state index in [-0.39, 0.29) is 0 Å². The Hall–Kier alpha value is -0.860. The normalized spacial score (nSPS) is 15.5. The SMILES string of the molecule is CC.Cc1nonc1C1CC1. The van der Waals surface area contributed by atoms with Crippen molar-refractivity contribution < 1.29 is 4.63 Å². The summed E-state index contributed by atoms with van der Waals surface area (Å²) in [4.78, 5) is 0. The number of hydrogen-bond donors (Lipinski definition) is 0. The molecule has 0 aliphatic heterocycles. The molecule has 0 aromatic carbocycles. The summed E-state index contributed by atoms with van der Waals surface area (Å²) in [5, 5.41) is 7.48. The van der Waals surface area contributed by atoms with Gasteiger partial charge >= 0.3 is 0 Å². The van der Waals surface area contributed by atoms with E-state index in [4.69, 9.17) is 0 Å². The molecule has 1 aliphatic rings. The van der Waals surface area contributed by atoms with E-state index in [1.54, 1.807) is 0 Å². The van der Waals surface area contributed by atoms with Crippen LogP contribution in [-0.4, -0.2) is 10.3 Å². The highest BCUT2D eigenvalue weighted by Crippen LogP contribution is 2.39. The van der Waals surface area contributed by atoms with Crippen LogP contribution in [0.25, 0.3) is 0 Å². The van der Waals surface area contributed by atoms with E-state index < -0.39 is 0 Å². The highest BCUT2D eigenvalue weighted by molar-refractivity contribution is 5.16. The van der Waals surface area contributed by atoms with Crippen molar-refractivity contribution >= 4 is 0 Å². The van der Waals surface area contributed by atoms with E-state index in [0.29, 0.717) is 5.92 Å². The number of hydrogen-bond acceptors (Lipinski definition) is 3. The van der Waals surface area contributed by atoms with Crippen molar-refractivity contribution in [1.82, 2.24) is 10.3 Å². The topological polar surface area (TPSA) is 38.9 Å². The van der Waals surface area contributed by atoms with Crippen molar-refractivity contribution in [1.29, 1.82) is 0 Å². The predicted molar refractivity (Wildman–Crippen MR) is 42.4 cm³/mol. The fourth-order valence-corrected chi connectivity index (χ4v) is 0.965. The highest BCUT2D eigenvalue weighted by Gasteiger charge is 2.28. The van der Waals surface area contributed by atoms with E-state index in [1.807, 2.05) is 20.8 Å². The Bertz CT molecular complexity index is 216. The summed E-state index contributed by atoms with van der Waals surface area (Å²) in [5.74, 6) is 0.663. The maximum atomic E-state index is 4.55. The molecule has 2 rings (SSSR count). The summed E-state index contributed by atoms with van der Waals surface area (Å²) in [7, 11) is 0. The molecule has 3 heteroatoms. The fraction of sp³-hybridized carbons (Fsp3) is 0.750. The van der Waals surface area contributed by atoms with E-state index in [9.17, 15) is 0 Å². The molecule has 1 heterocycles. The second-order valence-electron chi connectivity index (χ2n) is 2.51. The van der Waals surface area contributed by atoms with Gasteiger partial charge in [-0.25, -0.2) is 4.63 Å². The van der Waals surface area contributed by atoms with E-state index in [0.717, 1.165) is 11.4 Å². The molecule has 11 heavy (non-hydrogen) atoms. The van der Waals surface area contributed by atoms with Crippen molar-refractivity contribution in [2.24, 2.45) is 0 Å². The first-order valence-corrected chi connectivity index (χ1v) is 4.17. The van der Waals surface area contributed by atoms with Gasteiger partial charge < -0.3 is 0 Å². The van der Waals surface area contributed by atoms with Gasteiger partial charge in [0, 0.05) is 5.92 Å². The minimum absolute atomic E-state index is 0.663. The number of nitrogens with zero attached hydrogens (tertiary/aromatic N) is 2. The van der Waals surface area contributed by atoms with Crippen LogP contribution in [0.3, 0.4) is 0 Å². The number of rotatable bonds is 1. The van der Waals surface area contributed by atoms with Crippen LogP contribution in [0.15, 0.2) is 4.63 Å². The largest absolute Gasteiger partial charge is 0.244 e. The van der Waals surface area contributed by atoms with E-state index >= 15 is 0 Å². The van der Waals surface area contributed by atoms with Crippen LogP contribution in [0, 0.1) is 6.92 Å². The number of aromatic nitrogens is 2. The molecule has 1 aliphatic carbocycles. The molecule has 0 N–H and O–H groups in total.